The Morgan fingerprint density at radius 1 is 1.33 bits per heavy atom. The molecule has 1 aliphatic carbocycles. The van der Waals surface area contributed by atoms with Crippen LogP contribution in [0.1, 0.15) is 31.2 Å². The fourth-order valence-corrected chi connectivity index (χ4v) is 2.64. The van der Waals surface area contributed by atoms with E-state index >= 15 is 0 Å². The highest BCUT2D eigenvalue weighted by Crippen LogP contribution is 2.35. The molecule has 0 aliphatic heterocycles. The lowest BCUT2D eigenvalue weighted by Crippen LogP contribution is -2.32. The average Bonchev–Trinajstić information content (AvgIpc) is 2.28. The van der Waals surface area contributed by atoms with Gasteiger partial charge in [-0.15, -0.1) is 0 Å². The lowest BCUT2D eigenvalue weighted by atomic mass is 9.74. The van der Waals surface area contributed by atoms with Crippen LogP contribution < -0.4 is 0 Å². The normalized spacial score (nSPS) is 28.1. The molecule has 1 aromatic carbocycles. The lowest BCUT2D eigenvalue weighted by Gasteiger charge is -2.30. The molecular formula is C13H15NO4. The molecule has 5 nitrogen and oxygen atoms in total. The summed E-state index contributed by atoms with van der Waals surface area (Å²) in [6, 6.07) is 6.10. The third-order valence-electron chi connectivity index (χ3n) is 3.46. The number of carbonyl (C=O) groups is 1. The van der Waals surface area contributed by atoms with Crippen molar-refractivity contribution in [2.45, 2.75) is 31.8 Å². The Balaban J connectivity index is 2.25. The second-order valence-corrected chi connectivity index (χ2v) is 4.86. The highest BCUT2D eigenvalue weighted by atomic mass is 16.6. The summed E-state index contributed by atoms with van der Waals surface area (Å²) in [5, 5.41) is 20.1. The smallest absolute Gasteiger partial charge is 0.269 e. The van der Waals surface area contributed by atoms with Crippen LogP contribution in [-0.2, 0) is 4.79 Å². The minimum Gasteiger partial charge on any atom is -0.393 e. The lowest BCUT2D eigenvalue weighted by molar-refractivity contribution is -0.384. The molecule has 1 saturated carbocycles. The van der Waals surface area contributed by atoms with E-state index in [0.717, 1.165) is 5.56 Å². The fourth-order valence-electron chi connectivity index (χ4n) is 2.64. The third-order valence-corrected chi connectivity index (χ3v) is 3.46. The molecule has 0 spiro atoms. The summed E-state index contributed by atoms with van der Waals surface area (Å²) in [4.78, 5) is 22.0. The number of hydrogen-bond donors (Lipinski definition) is 1. The van der Waals surface area contributed by atoms with Gasteiger partial charge < -0.3 is 5.11 Å². The summed E-state index contributed by atoms with van der Waals surface area (Å²) in [5.41, 5.74) is 0.819. The van der Waals surface area contributed by atoms with Gasteiger partial charge in [0.05, 0.1) is 11.0 Å². The van der Waals surface area contributed by atoms with Gasteiger partial charge in [-0.05, 0) is 17.9 Å². The first-order valence-corrected chi connectivity index (χ1v) is 5.94. The predicted molar refractivity (Wildman–Crippen MR) is 65.2 cm³/mol. The van der Waals surface area contributed by atoms with Gasteiger partial charge in [-0.3, -0.25) is 14.9 Å². The maximum absolute atomic E-state index is 11.9. The van der Waals surface area contributed by atoms with Gasteiger partial charge in [0.15, 0.2) is 0 Å². The van der Waals surface area contributed by atoms with Crippen LogP contribution in [0.5, 0.6) is 0 Å². The van der Waals surface area contributed by atoms with Crippen LogP contribution in [0.3, 0.4) is 0 Å². The molecule has 0 unspecified atom stereocenters. The number of carbonyl (C=O) groups excluding carboxylic acids is 1. The van der Waals surface area contributed by atoms with Crippen molar-refractivity contribution in [3.8, 4) is 0 Å². The van der Waals surface area contributed by atoms with Crippen molar-refractivity contribution in [3.05, 3.63) is 39.9 Å². The van der Waals surface area contributed by atoms with Crippen molar-refractivity contribution in [3.63, 3.8) is 0 Å². The SMILES string of the molecule is C[C@@H]1C[C@@H](O)CC(=O)[C@H]1c1ccc([N+](=O)[O-])cc1. The number of aliphatic hydroxyl groups excluding tert-OH is 1. The molecular weight excluding hydrogens is 234 g/mol. The number of nitro groups is 1. The summed E-state index contributed by atoms with van der Waals surface area (Å²) in [5.74, 6) is -0.188. The van der Waals surface area contributed by atoms with Crippen LogP contribution in [-0.4, -0.2) is 21.9 Å². The van der Waals surface area contributed by atoms with Crippen LogP contribution in [0.15, 0.2) is 24.3 Å². The second-order valence-electron chi connectivity index (χ2n) is 4.86. The first-order valence-electron chi connectivity index (χ1n) is 5.94. The van der Waals surface area contributed by atoms with Gasteiger partial charge in [0.25, 0.3) is 5.69 Å². The van der Waals surface area contributed by atoms with Crippen molar-refractivity contribution in [1.29, 1.82) is 0 Å². The fraction of sp³-hybridized carbons (Fsp3) is 0.462. The van der Waals surface area contributed by atoms with Gasteiger partial charge in [-0.1, -0.05) is 19.1 Å². The van der Waals surface area contributed by atoms with Crippen LogP contribution in [0.4, 0.5) is 5.69 Å². The van der Waals surface area contributed by atoms with Crippen LogP contribution >= 0.6 is 0 Å². The van der Waals surface area contributed by atoms with E-state index in [1.54, 1.807) is 12.1 Å². The molecule has 0 saturated heterocycles. The zero-order chi connectivity index (χ0) is 13.3. The van der Waals surface area contributed by atoms with E-state index in [1.807, 2.05) is 6.92 Å². The van der Waals surface area contributed by atoms with E-state index in [4.69, 9.17) is 0 Å². The molecule has 1 aromatic rings. The Hall–Kier alpha value is -1.75. The largest absolute Gasteiger partial charge is 0.393 e. The predicted octanol–water partition coefficient (Wildman–Crippen LogP) is 2.04. The van der Waals surface area contributed by atoms with E-state index < -0.39 is 11.0 Å². The monoisotopic (exact) mass is 249 g/mol. The summed E-state index contributed by atoms with van der Waals surface area (Å²) < 4.78 is 0. The maximum atomic E-state index is 11.9. The minimum atomic E-state index is -0.554. The van der Waals surface area contributed by atoms with Crippen LogP contribution in [0, 0.1) is 16.0 Å². The minimum absolute atomic E-state index is 0.00935. The Labute approximate surface area is 105 Å². The van der Waals surface area contributed by atoms with Gasteiger partial charge in [-0.25, -0.2) is 0 Å². The van der Waals surface area contributed by atoms with E-state index in [2.05, 4.69) is 0 Å². The molecule has 5 heteroatoms. The van der Waals surface area contributed by atoms with Crippen molar-refractivity contribution in [1.82, 2.24) is 0 Å². The number of aliphatic hydroxyl groups is 1. The number of Topliss-reactive ketones (excluding diaryl/α,β-unsaturated/α-hetero) is 1. The molecule has 0 amide bonds. The van der Waals surface area contributed by atoms with Gasteiger partial charge in [0.1, 0.15) is 5.78 Å². The van der Waals surface area contributed by atoms with E-state index in [1.165, 1.54) is 12.1 Å². The van der Waals surface area contributed by atoms with E-state index in [-0.39, 0.29) is 29.7 Å². The number of ketones is 1. The number of hydrogen-bond acceptors (Lipinski definition) is 4. The number of non-ortho nitro benzene ring substituents is 1. The van der Waals surface area contributed by atoms with Gasteiger partial charge >= 0.3 is 0 Å². The highest BCUT2D eigenvalue weighted by molar-refractivity contribution is 5.87. The Bertz CT molecular complexity index is 468. The number of nitro benzene ring substituents is 1. The Kier molecular flexibility index (Phi) is 3.43. The highest BCUT2D eigenvalue weighted by Gasteiger charge is 2.34. The van der Waals surface area contributed by atoms with Crippen molar-refractivity contribution in [2.75, 3.05) is 0 Å². The molecule has 96 valence electrons. The van der Waals surface area contributed by atoms with E-state index in [9.17, 15) is 20.0 Å². The molecule has 18 heavy (non-hydrogen) atoms. The topological polar surface area (TPSA) is 80.4 Å². The first kappa shape index (κ1) is 12.7. The summed E-state index contributed by atoms with van der Waals surface area (Å²) in [6.07, 6.45) is 0.209. The maximum Gasteiger partial charge on any atom is 0.269 e. The molecule has 1 fully saturated rings. The average molecular weight is 249 g/mol. The number of nitrogens with zero attached hydrogens (tertiary/aromatic N) is 1. The Morgan fingerprint density at radius 2 is 1.94 bits per heavy atom. The molecule has 2 rings (SSSR count). The zero-order valence-electron chi connectivity index (χ0n) is 10.1. The molecule has 1 aliphatic rings. The molecule has 1 N–H and O–H groups in total. The van der Waals surface area contributed by atoms with Crippen molar-refractivity contribution >= 4 is 11.5 Å². The van der Waals surface area contributed by atoms with Crippen molar-refractivity contribution < 1.29 is 14.8 Å². The van der Waals surface area contributed by atoms with Gasteiger partial charge in [0, 0.05) is 24.5 Å². The molecule has 0 radical (unpaired) electrons. The molecule has 0 heterocycles. The quantitative estimate of drug-likeness (QED) is 0.642. The molecule has 3 atom stereocenters. The number of benzene rings is 1. The Morgan fingerprint density at radius 3 is 2.44 bits per heavy atom. The van der Waals surface area contributed by atoms with Gasteiger partial charge in [0.2, 0.25) is 0 Å². The zero-order valence-corrected chi connectivity index (χ0v) is 10.1. The standard InChI is InChI=1S/C13H15NO4/c1-8-6-11(15)7-12(16)13(8)9-2-4-10(5-3-9)14(17)18/h2-5,8,11,13,15H,6-7H2,1H3/t8-,11-,13-/m1/s1. The van der Waals surface area contributed by atoms with Crippen LogP contribution in [0.25, 0.3) is 0 Å². The van der Waals surface area contributed by atoms with Crippen LogP contribution in [0.2, 0.25) is 0 Å². The summed E-state index contributed by atoms with van der Waals surface area (Å²) in [7, 11) is 0. The van der Waals surface area contributed by atoms with Crippen molar-refractivity contribution in [2.24, 2.45) is 5.92 Å². The molecule has 0 aromatic heterocycles. The second kappa shape index (κ2) is 4.86. The summed E-state index contributed by atoms with van der Waals surface area (Å²) in [6.45, 7) is 1.92. The van der Waals surface area contributed by atoms with E-state index in [0.29, 0.717) is 6.42 Å². The summed E-state index contributed by atoms with van der Waals surface area (Å²) >= 11 is 0. The first-order chi connectivity index (χ1) is 8.49. The molecule has 0 bridgehead atoms. The number of rotatable bonds is 2. The van der Waals surface area contributed by atoms with Gasteiger partial charge in [-0.2, -0.15) is 0 Å². The third kappa shape index (κ3) is 2.41.